The van der Waals surface area contributed by atoms with Crippen LogP contribution >= 0.6 is 0 Å². The molecular formula is C63H45N. The van der Waals surface area contributed by atoms with Crippen LogP contribution in [-0.2, 0) is 18.3 Å². The van der Waals surface area contributed by atoms with Gasteiger partial charge in [-0.2, -0.15) is 0 Å². The molecule has 1 heteroatoms. The highest BCUT2D eigenvalue weighted by atomic mass is 15.1. The van der Waals surface area contributed by atoms with Crippen LogP contribution in [0, 0.1) is 0 Å². The molecule has 3 aliphatic rings. The van der Waals surface area contributed by atoms with Crippen molar-refractivity contribution in [3.8, 4) is 55.6 Å². The Kier molecular flexibility index (Phi) is 8.46. The van der Waals surface area contributed by atoms with E-state index in [1.54, 1.807) is 0 Å². The summed E-state index contributed by atoms with van der Waals surface area (Å²) in [6.07, 6.45) is 4.67. The lowest BCUT2D eigenvalue weighted by Gasteiger charge is -2.34. The van der Waals surface area contributed by atoms with Gasteiger partial charge in [-0.05, 0) is 156 Å². The van der Waals surface area contributed by atoms with E-state index in [0.717, 1.165) is 24.2 Å². The SMILES string of the molecule is c1ccc(-c2ccc(N(c3ccc(-c4cccc5ccccc45)cc3)c3cc4c(cc3-c3cccc5c3CCCC5)-c3ccccc3C43c4ccccc4-c4ccccc43)cc2)cc1. The Labute approximate surface area is 375 Å². The van der Waals surface area contributed by atoms with Gasteiger partial charge in [0, 0.05) is 16.9 Å². The van der Waals surface area contributed by atoms with Gasteiger partial charge in [0.1, 0.15) is 0 Å². The molecule has 1 nitrogen and oxygen atoms in total. The zero-order valence-corrected chi connectivity index (χ0v) is 35.6. The minimum Gasteiger partial charge on any atom is -0.310 e. The zero-order valence-electron chi connectivity index (χ0n) is 35.6. The van der Waals surface area contributed by atoms with Gasteiger partial charge >= 0.3 is 0 Å². The Morgan fingerprint density at radius 2 is 0.844 bits per heavy atom. The topological polar surface area (TPSA) is 3.24 Å². The second-order valence-electron chi connectivity index (χ2n) is 17.8. The van der Waals surface area contributed by atoms with Gasteiger partial charge < -0.3 is 4.90 Å². The van der Waals surface area contributed by atoms with Crippen LogP contribution in [-0.4, -0.2) is 0 Å². The molecule has 0 radical (unpaired) electrons. The van der Waals surface area contributed by atoms with E-state index >= 15 is 0 Å². The number of hydrogen-bond acceptors (Lipinski definition) is 1. The van der Waals surface area contributed by atoms with Crippen molar-refractivity contribution < 1.29 is 0 Å². The Bertz CT molecular complexity index is 3380. The van der Waals surface area contributed by atoms with Crippen molar-refractivity contribution in [2.24, 2.45) is 0 Å². The molecule has 0 aliphatic heterocycles. The number of fused-ring (bicyclic) bond motifs is 12. The standard InChI is InChI=1S/C63H45N/c1-2-16-42(17-3-1)43-32-36-47(37-33-43)64(48-38-34-46(35-39-48)50-27-14-20-44-18-4-6-22-49(44)50)62-41-61-56(40-57(62)52-28-15-21-45-19-5-7-23-51(45)52)55-26-10-13-31-60(55)63(61)58-29-11-8-24-53(58)54-25-9-12-30-59(54)63/h1-4,6,8-18,20-22,24-41H,5,7,19,23H2. The van der Waals surface area contributed by atoms with E-state index in [-0.39, 0.29) is 0 Å². The van der Waals surface area contributed by atoms with E-state index in [0.29, 0.717) is 0 Å². The summed E-state index contributed by atoms with van der Waals surface area (Å²) in [5.74, 6) is 0. The Hall–Kier alpha value is -7.74. The van der Waals surface area contributed by atoms with Crippen molar-refractivity contribution in [3.05, 3.63) is 258 Å². The summed E-state index contributed by atoms with van der Waals surface area (Å²) in [6.45, 7) is 0. The average molecular weight is 816 g/mol. The maximum Gasteiger partial charge on any atom is 0.0726 e. The molecule has 3 aliphatic carbocycles. The van der Waals surface area contributed by atoms with Crippen LogP contribution in [0.1, 0.15) is 46.2 Å². The van der Waals surface area contributed by atoms with E-state index in [1.807, 2.05) is 0 Å². The smallest absolute Gasteiger partial charge is 0.0726 e. The summed E-state index contributed by atoms with van der Waals surface area (Å²) in [7, 11) is 0. The Balaban J connectivity index is 1.10. The summed E-state index contributed by atoms with van der Waals surface area (Å²) in [5, 5.41) is 2.52. The van der Waals surface area contributed by atoms with Crippen molar-refractivity contribution in [2.45, 2.75) is 31.1 Å². The van der Waals surface area contributed by atoms with Gasteiger partial charge in [-0.25, -0.2) is 0 Å². The number of aryl methyl sites for hydroxylation is 1. The summed E-state index contributed by atoms with van der Waals surface area (Å²) in [6, 6.07) is 84.4. The minimum absolute atomic E-state index is 0.469. The molecule has 0 bridgehead atoms. The summed E-state index contributed by atoms with van der Waals surface area (Å²) in [5.41, 5.74) is 24.1. The number of hydrogen-bond donors (Lipinski definition) is 0. The van der Waals surface area contributed by atoms with Crippen LogP contribution < -0.4 is 4.90 Å². The van der Waals surface area contributed by atoms with Gasteiger partial charge in [0.2, 0.25) is 0 Å². The quantitative estimate of drug-likeness (QED) is 0.162. The number of nitrogens with zero attached hydrogens (tertiary/aromatic N) is 1. The predicted molar refractivity (Wildman–Crippen MR) is 268 cm³/mol. The monoisotopic (exact) mass is 815 g/mol. The molecule has 10 aromatic rings. The van der Waals surface area contributed by atoms with E-state index < -0.39 is 5.41 Å². The van der Waals surface area contributed by atoms with Gasteiger partial charge in [0.15, 0.2) is 0 Å². The highest BCUT2D eigenvalue weighted by molar-refractivity contribution is 6.01. The average Bonchev–Trinajstić information content (AvgIpc) is 3.83. The van der Waals surface area contributed by atoms with Crippen molar-refractivity contribution in [1.82, 2.24) is 0 Å². The van der Waals surface area contributed by atoms with Crippen LogP contribution in [0.4, 0.5) is 17.1 Å². The molecule has 64 heavy (non-hydrogen) atoms. The molecule has 0 fully saturated rings. The number of rotatable bonds is 6. The third-order valence-electron chi connectivity index (χ3n) is 14.5. The van der Waals surface area contributed by atoms with Crippen LogP contribution in [0.25, 0.3) is 66.4 Å². The third-order valence-corrected chi connectivity index (χ3v) is 14.5. The molecule has 10 aromatic carbocycles. The van der Waals surface area contributed by atoms with Crippen LogP contribution in [0.2, 0.25) is 0 Å². The third kappa shape index (κ3) is 5.50. The van der Waals surface area contributed by atoms with Crippen molar-refractivity contribution >= 4 is 27.8 Å². The van der Waals surface area contributed by atoms with Gasteiger partial charge in [-0.3, -0.25) is 0 Å². The molecule has 0 N–H and O–H groups in total. The van der Waals surface area contributed by atoms with Crippen LogP contribution in [0.3, 0.4) is 0 Å². The molecule has 0 saturated carbocycles. The second-order valence-corrected chi connectivity index (χ2v) is 17.8. The lowest BCUT2D eigenvalue weighted by molar-refractivity contribution is 0.687. The molecule has 1 spiro atoms. The first kappa shape index (κ1) is 36.9. The maximum absolute atomic E-state index is 2.59. The van der Waals surface area contributed by atoms with E-state index in [4.69, 9.17) is 0 Å². The van der Waals surface area contributed by atoms with Gasteiger partial charge in [-0.1, -0.05) is 188 Å². The van der Waals surface area contributed by atoms with E-state index in [1.165, 1.54) is 118 Å². The first-order valence-electron chi connectivity index (χ1n) is 22.9. The van der Waals surface area contributed by atoms with E-state index in [2.05, 4.69) is 229 Å². The molecule has 13 rings (SSSR count). The largest absolute Gasteiger partial charge is 0.310 e. The van der Waals surface area contributed by atoms with Crippen LogP contribution in [0.5, 0.6) is 0 Å². The fraction of sp³-hybridized carbons (Fsp3) is 0.0794. The molecule has 0 aromatic heterocycles. The Morgan fingerprint density at radius 1 is 0.328 bits per heavy atom. The fourth-order valence-corrected chi connectivity index (χ4v) is 11.7. The fourth-order valence-electron chi connectivity index (χ4n) is 11.7. The van der Waals surface area contributed by atoms with Crippen molar-refractivity contribution in [3.63, 3.8) is 0 Å². The normalized spacial score (nSPS) is 13.8. The molecule has 0 atom stereocenters. The lowest BCUT2D eigenvalue weighted by atomic mass is 9.70. The summed E-state index contributed by atoms with van der Waals surface area (Å²) >= 11 is 0. The molecule has 0 heterocycles. The lowest BCUT2D eigenvalue weighted by Crippen LogP contribution is -2.26. The van der Waals surface area contributed by atoms with Gasteiger partial charge in [0.05, 0.1) is 11.1 Å². The Morgan fingerprint density at radius 3 is 1.55 bits per heavy atom. The molecule has 302 valence electrons. The molecule has 0 unspecified atom stereocenters. The van der Waals surface area contributed by atoms with Gasteiger partial charge in [-0.15, -0.1) is 0 Å². The number of anilines is 3. The molecule has 0 saturated heterocycles. The van der Waals surface area contributed by atoms with E-state index in [9.17, 15) is 0 Å². The maximum atomic E-state index is 2.59. The van der Waals surface area contributed by atoms with Gasteiger partial charge in [0.25, 0.3) is 0 Å². The molecular weight excluding hydrogens is 771 g/mol. The predicted octanol–water partition coefficient (Wildman–Crippen LogP) is 16.5. The minimum atomic E-state index is -0.469. The highest BCUT2D eigenvalue weighted by Gasteiger charge is 2.52. The second kappa shape index (κ2) is 14.7. The highest BCUT2D eigenvalue weighted by Crippen LogP contribution is 2.64. The van der Waals surface area contributed by atoms with Crippen LogP contribution in [0.15, 0.2) is 224 Å². The molecule has 0 amide bonds. The summed E-state index contributed by atoms with van der Waals surface area (Å²) < 4.78 is 0. The van der Waals surface area contributed by atoms with Crippen molar-refractivity contribution in [1.29, 1.82) is 0 Å². The first-order valence-corrected chi connectivity index (χ1v) is 22.9. The number of benzene rings is 10. The first-order chi connectivity index (χ1) is 31.8. The summed E-state index contributed by atoms with van der Waals surface area (Å²) in [4.78, 5) is 2.54. The van der Waals surface area contributed by atoms with Crippen molar-refractivity contribution in [2.75, 3.05) is 4.90 Å². The zero-order chi connectivity index (χ0) is 42.2.